The number of benzene rings is 1. The summed E-state index contributed by atoms with van der Waals surface area (Å²) in [7, 11) is 0. The van der Waals surface area contributed by atoms with E-state index in [0.29, 0.717) is 6.54 Å². The van der Waals surface area contributed by atoms with Crippen molar-refractivity contribution in [3.8, 4) is 11.8 Å². The molecule has 0 saturated heterocycles. The van der Waals surface area contributed by atoms with Crippen molar-refractivity contribution in [1.29, 1.82) is 5.26 Å². The highest BCUT2D eigenvalue weighted by molar-refractivity contribution is 6.01. The van der Waals surface area contributed by atoms with Gasteiger partial charge < -0.3 is 4.57 Å². The molecule has 1 aromatic rings. The maximum Gasteiger partial charge on any atom is 0.0991 e. The molecule has 0 N–H and O–H groups in total. The summed E-state index contributed by atoms with van der Waals surface area (Å²) in [5.74, 6) is 0. The van der Waals surface area contributed by atoms with Gasteiger partial charge in [0.2, 0.25) is 0 Å². The molecule has 1 aromatic carbocycles. The monoisotopic (exact) mass is 253 g/mol. The number of unbranched alkanes of at least 4 members (excludes halogenated alkanes) is 2. The second-order valence-electron chi connectivity index (χ2n) is 4.39. The normalized spacial score (nSPS) is 10.1. The molecule has 0 radical (unpaired) electrons. The average Bonchev–Trinajstić information content (AvgIpc) is 3.16. The Morgan fingerprint density at radius 1 is 1.42 bits per heavy atom. The molecule has 0 fully saturated rings. The lowest BCUT2D eigenvalue weighted by Crippen LogP contribution is -1.87. The minimum Gasteiger partial charge on any atom is -0.312 e. The fourth-order valence-corrected chi connectivity index (χ4v) is 1.94. The largest absolute Gasteiger partial charge is 0.312 e. The van der Waals surface area contributed by atoms with Crippen LogP contribution in [0.2, 0.25) is 0 Å². The number of hydrogen-bond acceptors (Lipinski definition) is 2. The lowest BCUT2D eigenvalue weighted by molar-refractivity contribution is 0.725. The Kier molecular flexibility index (Phi) is 4.07. The Labute approximate surface area is 111 Å². The third-order valence-electron chi connectivity index (χ3n) is 3.03. The van der Waals surface area contributed by atoms with E-state index in [2.05, 4.69) is 33.8 Å². The van der Waals surface area contributed by atoms with E-state index >= 15 is 0 Å². The number of nitrogens with zero attached hydrogens (tertiary/aromatic N) is 5. The van der Waals surface area contributed by atoms with Crippen molar-refractivity contribution >= 4 is 10.9 Å². The van der Waals surface area contributed by atoms with Gasteiger partial charge in [-0.05, 0) is 30.2 Å². The van der Waals surface area contributed by atoms with Crippen LogP contribution in [0.3, 0.4) is 0 Å². The van der Waals surface area contributed by atoms with Gasteiger partial charge in [0.1, 0.15) is 0 Å². The number of azide groups is 1. The summed E-state index contributed by atoms with van der Waals surface area (Å²) in [5, 5.41) is 13.2. The molecule has 2 aliphatic heterocycles. The number of fused-ring (bicyclic) bond motifs is 4. The first-order valence-corrected chi connectivity index (χ1v) is 6.38. The lowest BCUT2D eigenvalue weighted by Gasteiger charge is -2.03. The van der Waals surface area contributed by atoms with Crippen LogP contribution >= 0.6 is 0 Å². The second-order valence-corrected chi connectivity index (χ2v) is 4.39. The summed E-state index contributed by atoms with van der Waals surface area (Å²) >= 11 is 0. The Morgan fingerprint density at radius 2 is 2.26 bits per heavy atom. The first kappa shape index (κ1) is 13.0. The second kappa shape index (κ2) is 5.94. The van der Waals surface area contributed by atoms with Crippen molar-refractivity contribution in [2.24, 2.45) is 5.11 Å². The van der Waals surface area contributed by atoms with Crippen molar-refractivity contribution in [3.63, 3.8) is 0 Å². The fraction of sp³-hybridized carbons (Fsp3) is 0.357. The molecule has 5 heteroatoms. The van der Waals surface area contributed by atoms with Gasteiger partial charge in [-0.2, -0.15) is 5.26 Å². The first-order chi connectivity index (χ1) is 9.31. The summed E-state index contributed by atoms with van der Waals surface area (Å²) in [6.45, 7) is 2.78. The van der Waals surface area contributed by atoms with Gasteiger partial charge in [-0.3, -0.25) is 0 Å². The molecule has 96 valence electrons. The van der Waals surface area contributed by atoms with E-state index in [-0.39, 0.29) is 0 Å². The summed E-state index contributed by atoms with van der Waals surface area (Å²) in [4.78, 5) is 2.63. The van der Waals surface area contributed by atoms with E-state index in [1.165, 1.54) is 29.4 Å². The predicted molar refractivity (Wildman–Crippen MR) is 75.1 cm³/mol. The van der Waals surface area contributed by atoms with Gasteiger partial charge in [-0.25, -0.2) is 0 Å². The maximum atomic E-state index is 8.59. The van der Waals surface area contributed by atoms with Gasteiger partial charge in [0.05, 0.1) is 22.8 Å². The molecule has 19 heavy (non-hydrogen) atoms. The molecule has 0 bridgehead atoms. The molecule has 3 rings (SSSR count). The highest BCUT2D eigenvalue weighted by atomic mass is 15.1. The number of hydrogen-bond donors (Lipinski definition) is 0. The minimum atomic E-state index is 0.657. The van der Waals surface area contributed by atoms with Crippen LogP contribution in [0.5, 0.6) is 0 Å². The Bertz CT molecular complexity index is 671. The highest BCUT2D eigenvalue weighted by Crippen LogP contribution is 2.38. The first-order valence-electron chi connectivity index (χ1n) is 6.38. The van der Waals surface area contributed by atoms with E-state index in [4.69, 9.17) is 10.8 Å². The summed E-state index contributed by atoms with van der Waals surface area (Å²) in [5.41, 5.74) is 11.1. The minimum absolute atomic E-state index is 0.657. The molecule has 2 heterocycles. The molecule has 0 aromatic heterocycles. The molecule has 0 atom stereocenters. The van der Waals surface area contributed by atoms with Gasteiger partial charge in [0.25, 0.3) is 0 Å². The quantitative estimate of drug-likeness (QED) is 0.295. The topological polar surface area (TPSA) is 77.5 Å². The maximum absolute atomic E-state index is 8.59. The summed E-state index contributed by atoms with van der Waals surface area (Å²) in [6.07, 6.45) is 5.45. The fourth-order valence-electron chi connectivity index (χ4n) is 1.94. The number of aromatic nitrogens is 1. The van der Waals surface area contributed by atoms with Gasteiger partial charge in [-0.15, -0.1) is 0 Å². The van der Waals surface area contributed by atoms with Crippen LogP contribution in [-0.2, 0) is 0 Å². The van der Waals surface area contributed by atoms with Crippen LogP contribution in [0.4, 0.5) is 0 Å². The van der Waals surface area contributed by atoms with Crippen LogP contribution in [0.1, 0.15) is 31.7 Å². The summed E-state index contributed by atoms with van der Waals surface area (Å²) < 4.78 is 2.12. The predicted octanol–water partition coefficient (Wildman–Crippen LogP) is 4.30. The van der Waals surface area contributed by atoms with Crippen LogP contribution < -0.4 is 0 Å². The van der Waals surface area contributed by atoms with Crippen molar-refractivity contribution in [2.45, 2.75) is 26.2 Å². The average molecular weight is 253 g/mol. The van der Waals surface area contributed by atoms with E-state index in [1.54, 1.807) is 0 Å². The van der Waals surface area contributed by atoms with Crippen LogP contribution in [0, 0.1) is 11.3 Å². The van der Waals surface area contributed by atoms with Gasteiger partial charge in [-0.1, -0.05) is 24.9 Å². The van der Waals surface area contributed by atoms with Gasteiger partial charge in [0.15, 0.2) is 0 Å². The number of rotatable bonds is 4. The van der Waals surface area contributed by atoms with Crippen molar-refractivity contribution in [2.75, 3.05) is 6.54 Å². The van der Waals surface area contributed by atoms with E-state index < -0.39 is 0 Å². The van der Waals surface area contributed by atoms with E-state index in [9.17, 15) is 0 Å². The molecular formula is C14H15N5. The van der Waals surface area contributed by atoms with Gasteiger partial charge >= 0.3 is 0 Å². The van der Waals surface area contributed by atoms with Crippen LogP contribution in [0.15, 0.2) is 29.5 Å². The highest BCUT2D eigenvalue weighted by Gasteiger charge is 2.21. The third kappa shape index (κ3) is 2.87. The van der Waals surface area contributed by atoms with Crippen LogP contribution in [0.25, 0.3) is 27.0 Å². The Balaban J connectivity index is 0.000000151. The van der Waals surface area contributed by atoms with E-state index in [0.717, 1.165) is 12.0 Å². The van der Waals surface area contributed by atoms with Crippen molar-refractivity contribution in [1.82, 2.24) is 4.57 Å². The summed E-state index contributed by atoms with van der Waals surface area (Å²) in [6, 6.07) is 7.89. The molecule has 5 nitrogen and oxygen atoms in total. The number of nitriles is 1. The molecule has 2 aliphatic rings. The zero-order valence-electron chi connectivity index (χ0n) is 10.9. The molecular weight excluding hydrogens is 238 g/mol. The third-order valence-corrected chi connectivity index (χ3v) is 3.03. The molecule has 0 aliphatic carbocycles. The SMILES string of the molecule is CCCCCN=[N+]=[N-].N#Cc1ccc2c(c1)c1cn2-1. The van der Waals surface area contributed by atoms with Crippen molar-refractivity contribution in [3.05, 3.63) is 40.4 Å². The van der Waals surface area contributed by atoms with Gasteiger partial charge in [0, 0.05) is 23.0 Å². The standard InChI is InChI=1S/C9H4N2.C5H11N3/c10-4-6-1-2-8-7(3-6)9-5-11(8)9;1-2-3-4-5-7-8-6/h1-3,5H;2-5H2,1H3. The van der Waals surface area contributed by atoms with E-state index in [1.807, 2.05) is 18.2 Å². The van der Waals surface area contributed by atoms with Crippen molar-refractivity contribution < 1.29 is 0 Å². The molecule has 0 saturated carbocycles. The Morgan fingerprint density at radius 3 is 2.95 bits per heavy atom. The zero-order chi connectivity index (χ0) is 13.7. The van der Waals surface area contributed by atoms with Crippen LogP contribution in [-0.4, -0.2) is 11.1 Å². The Hall–Kier alpha value is -2.44. The molecule has 0 unspecified atom stereocenters. The lowest BCUT2D eigenvalue weighted by atomic mass is 10.1. The smallest absolute Gasteiger partial charge is 0.0991 e. The molecule has 0 amide bonds. The molecule has 0 spiro atoms. The zero-order valence-corrected chi connectivity index (χ0v) is 10.9.